The Labute approximate surface area is 431 Å². The van der Waals surface area contributed by atoms with Crippen molar-refractivity contribution in [2.24, 2.45) is 0 Å². The molecule has 7 unspecified atom stereocenters. The standard InChI is InChI=1S/C61H115NO8/c1-3-5-7-9-11-13-15-17-19-21-22-23-24-25-26-27-28-29-30-31-32-33-34-35-37-39-41-43-45-47-49-51-57(65)62-54(53-69-61-60(68)59(67)58(66)56(52-63)70-61)55(64)50-48-46-44-42-40-38-36-20-18-16-14-12-10-8-6-4-2/h21-22,40,42,48,50,54-56,58-61,63-64,66-68H,3-20,23-39,41,43-47,49,51-53H2,1-2H3,(H,62,65)/b22-21-,42-40+,50-48+. The Hall–Kier alpha value is -1.59. The lowest BCUT2D eigenvalue weighted by Gasteiger charge is -2.40. The average Bonchev–Trinajstić information content (AvgIpc) is 3.36. The molecule has 1 rings (SSSR count). The SMILES string of the molecule is CCCCCCCCCC/C=C\CCCCCCCCCCCCCCCCCCCCCC(=O)NC(COC1OC(CO)C(O)C(O)C1O)C(O)/C=C/CC/C=C/CCCCCCCCCCCC. The molecule has 0 radical (unpaired) electrons. The van der Waals surface area contributed by atoms with Gasteiger partial charge in [0.05, 0.1) is 25.4 Å². The minimum atomic E-state index is -1.57. The van der Waals surface area contributed by atoms with E-state index in [9.17, 15) is 30.3 Å². The van der Waals surface area contributed by atoms with Gasteiger partial charge in [-0.1, -0.05) is 262 Å². The summed E-state index contributed by atoms with van der Waals surface area (Å²) in [7, 11) is 0. The number of aliphatic hydroxyl groups is 5. The van der Waals surface area contributed by atoms with Gasteiger partial charge < -0.3 is 40.3 Å². The van der Waals surface area contributed by atoms with Crippen molar-refractivity contribution in [3.8, 4) is 0 Å². The van der Waals surface area contributed by atoms with Crippen LogP contribution in [0.3, 0.4) is 0 Å². The summed E-state index contributed by atoms with van der Waals surface area (Å²) in [5.41, 5.74) is 0. The minimum Gasteiger partial charge on any atom is -0.394 e. The van der Waals surface area contributed by atoms with E-state index in [0.717, 1.165) is 38.5 Å². The normalized spacial score (nSPS) is 19.6. The number of allylic oxidation sites excluding steroid dienone is 5. The Kier molecular flexibility index (Phi) is 48.3. The first kappa shape index (κ1) is 66.4. The number of aliphatic hydroxyl groups excluding tert-OH is 5. The van der Waals surface area contributed by atoms with Crippen molar-refractivity contribution in [1.29, 1.82) is 0 Å². The average molecular weight is 991 g/mol. The Balaban J connectivity index is 2.15. The van der Waals surface area contributed by atoms with Crippen molar-refractivity contribution in [3.63, 3.8) is 0 Å². The first-order valence-electron chi connectivity index (χ1n) is 30.2. The number of ether oxygens (including phenoxy) is 2. The molecule has 0 aromatic carbocycles. The second kappa shape index (κ2) is 50.9. The Bertz CT molecular complexity index is 1190. The number of carbonyl (C=O) groups is 1. The zero-order valence-electron chi connectivity index (χ0n) is 45.8. The van der Waals surface area contributed by atoms with Crippen molar-refractivity contribution in [2.75, 3.05) is 13.2 Å². The molecule has 70 heavy (non-hydrogen) atoms. The van der Waals surface area contributed by atoms with Crippen LogP contribution >= 0.6 is 0 Å². The lowest BCUT2D eigenvalue weighted by atomic mass is 9.99. The van der Waals surface area contributed by atoms with E-state index in [-0.39, 0.29) is 12.5 Å². The first-order valence-corrected chi connectivity index (χ1v) is 30.2. The van der Waals surface area contributed by atoms with E-state index in [1.807, 2.05) is 6.08 Å². The van der Waals surface area contributed by atoms with Crippen LogP contribution in [-0.2, 0) is 14.3 Å². The Morgan fingerprint density at radius 3 is 1.20 bits per heavy atom. The summed E-state index contributed by atoms with van der Waals surface area (Å²) in [4.78, 5) is 13.1. The molecular formula is C61H115NO8. The molecule has 1 aliphatic rings. The quantitative estimate of drug-likeness (QED) is 0.0261. The predicted octanol–water partition coefficient (Wildman–Crippen LogP) is 15.1. The maximum absolute atomic E-state index is 13.1. The monoisotopic (exact) mass is 990 g/mol. The van der Waals surface area contributed by atoms with Crippen LogP contribution in [-0.4, -0.2) is 87.5 Å². The van der Waals surface area contributed by atoms with Crippen molar-refractivity contribution in [2.45, 2.75) is 333 Å². The highest BCUT2D eigenvalue weighted by Crippen LogP contribution is 2.23. The van der Waals surface area contributed by atoms with Gasteiger partial charge in [0.1, 0.15) is 24.4 Å². The van der Waals surface area contributed by atoms with Crippen LogP contribution in [0.25, 0.3) is 0 Å². The molecule has 0 saturated carbocycles. The molecule has 1 saturated heterocycles. The van der Waals surface area contributed by atoms with Gasteiger partial charge in [0.2, 0.25) is 5.91 Å². The number of unbranched alkanes of at least 4 members (excludes halogenated alkanes) is 38. The summed E-state index contributed by atoms with van der Waals surface area (Å²) >= 11 is 0. The predicted molar refractivity (Wildman–Crippen MR) is 295 cm³/mol. The highest BCUT2D eigenvalue weighted by Gasteiger charge is 2.44. The molecule has 1 heterocycles. The van der Waals surface area contributed by atoms with Crippen LogP contribution in [0, 0.1) is 0 Å². The fourth-order valence-corrected chi connectivity index (χ4v) is 9.64. The molecule has 9 nitrogen and oxygen atoms in total. The maximum atomic E-state index is 13.1. The number of hydrogen-bond acceptors (Lipinski definition) is 8. The number of amides is 1. The number of hydrogen-bond donors (Lipinski definition) is 6. The molecule has 0 bridgehead atoms. The van der Waals surface area contributed by atoms with E-state index in [0.29, 0.717) is 6.42 Å². The van der Waals surface area contributed by atoms with Gasteiger partial charge in [0.15, 0.2) is 6.29 Å². The van der Waals surface area contributed by atoms with E-state index in [4.69, 9.17) is 9.47 Å². The minimum absolute atomic E-state index is 0.182. The van der Waals surface area contributed by atoms with E-state index in [2.05, 4.69) is 43.5 Å². The van der Waals surface area contributed by atoms with Gasteiger partial charge in [-0.05, 0) is 57.8 Å². The molecule has 6 N–H and O–H groups in total. The topological polar surface area (TPSA) is 149 Å². The summed E-state index contributed by atoms with van der Waals surface area (Å²) in [5.74, 6) is -0.182. The highest BCUT2D eigenvalue weighted by molar-refractivity contribution is 5.76. The van der Waals surface area contributed by atoms with E-state index in [1.165, 1.54) is 231 Å². The van der Waals surface area contributed by atoms with Crippen molar-refractivity contribution in [3.05, 3.63) is 36.5 Å². The van der Waals surface area contributed by atoms with Gasteiger partial charge in [0.25, 0.3) is 0 Å². The van der Waals surface area contributed by atoms with Gasteiger partial charge in [-0.15, -0.1) is 0 Å². The zero-order valence-corrected chi connectivity index (χ0v) is 45.8. The van der Waals surface area contributed by atoms with Gasteiger partial charge in [-0.3, -0.25) is 4.79 Å². The molecule has 0 aromatic heterocycles. The third-order valence-electron chi connectivity index (χ3n) is 14.4. The molecule has 0 aliphatic carbocycles. The van der Waals surface area contributed by atoms with Crippen LogP contribution in [0.1, 0.15) is 290 Å². The van der Waals surface area contributed by atoms with Gasteiger partial charge in [0, 0.05) is 6.42 Å². The van der Waals surface area contributed by atoms with Gasteiger partial charge >= 0.3 is 0 Å². The third-order valence-corrected chi connectivity index (χ3v) is 14.4. The van der Waals surface area contributed by atoms with Crippen LogP contribution in [0.2, 0.25) is 0 Å². The first-order chi connectivity index (χ1) is 34.3. The lowest BCUT2D eigenvalue weighted by molar-refractivity contribution is -0.302. The molecule has 7 atom stereocenters. The second-order valence-corrected chi connectivity index (χ2v) is 21.1. The fourth-order valence-electron chi connectivity index (χ4n) is 9.64. The summed E-state index contributed by atoms with van der Waals surface area (Å²) in [5, 5.41) is 54.5. The largest absolute Gasteiger partial charge is 0.394 e. The fraction of sp³-hybridized carbons (Fsp3) is 0.885. The van der Waals surface area contributed by atoms with E-state index in [1.54, 1.807) is 6.08 Å². The van der Waals surface area contributed by atoms with Crippen molar-refractivity contribution < 1.29 is 39.8 Å². The second-order valence-electron chi connectivity index (χ2n) is 21.1. The van der Waals surface area contributed by atoms with Crippen molar-refractivity contribution >= 4 is 5.91 Å². The van der Waals surface area contributed by atoms with E-state index >= 15 is 0 Å². The number of rotatable bonds is 52. The summed E-state index contributed by atoms with van der Waals surface area (Å²) in [6.45, 7) is 3.79. The molecule has 0 spiro atoms. The third kappa shape index (κ3) is 39.9. The summed E-state index contributed by atoms with van der Waals surface area (Å²) in [6, 6.07) is -0.820. The van der Waals surface area contributed by atoms with Gasteiger partial charge in [-0.25, -0.2) is 0 Å². The molecule has 1 fully saturated rings. The Morgan fingerprint density at radius 1 is 0.471 bits per heavy atom. The van der Waals surface area contributed by atoms with Crippen LogP contribution in [0.4, 0.5) is 0 Å². The van der Waals surface area contributed by atoms with Crippen LogP contribution < -0.4 is 5.32 Å². The van der Waals surface area contributed by atoms with E-state index < -0.39 is 49.5 Å². The molecule has 1 amide bonds. The molecule has 9 heteroatoms. The summed E-state index contributed by atoms with van der Waals surface area (Å²) < 4.78 is 11.3. The maximum Gasteiger partial charge on any atom is 0.220 e. The number of carbonyl (C=O) groups excluding carboxylic acids is 1. The van der Waals surface area contributed by atoms with Crippen molar-refractivity contribution in [1.82, 2.24) is 5.32 Å². The molecule has 0 aromatic rings. The molecular weight excluding hydrogens is 875 g/mol. The van der Waals surface area contributed by atoms with Gasteiger partial charge in [-0.2, -0.15) is 0 Å². The highest BCUT2D eigenvalue weighted by atomic mass is 16.7. The zero-order chi connectivity index (χ0) is 50.8. The molecule has 412 valence electrons. The lowest BCUT2D eigenvalue weighted by Crippen LogP contribution is -2.60. The smallest absolute Gasteiger partial charge is 0.220 e. The van der Waals surface area contributed by atoms with Crippen LogP contribution in [0.15, 0.2) is 36.5 Å². The Morgan fingerprint density at radius 2 is 0.814 bits per heavy atom. The van der Waals surface area contributed by atoms with Crippen LogP contribution in [0.5, 0.6) is 0 Å². The molecule has 1 aliphatic heterocycles. The summed E-state index contributed by atoms with van der Waals surface area (Å²) in [6.07, 6.45) is 59.4. The number of nitrogens with one attached hydrogen (secondary N) is 1.